The van der Waals surface area contributed by atoms with E-state index >= 15 is 0 Å². The summed E-state index contributed by atoms with van der Waals surface area (Å²) in [4.78, 5) is 16.8. The molecule has 2 fully saturated rings. The van der Waals surface area contributed by atoms with Crippen LogP contribution in [0.1, 0.15) is 18.4 Å². The summed E-state index contributed by atoms with van der Waals surface area (Å²) in [7, 11) is 1.93. The molecule has 0 N–H and O–H groups in total. The standard InChI is InChI=1S/C20H26N4O2/c1-22-15-18(13-21-22)17-6-4-16(5-7-17)14-23-8-10-24(11-9-23)20(25)19-3-2-12-26-19/h4-7,13,15,19H,2-3,8-12,14H2,1H3. The highest BCUT2D eigenvalue weighted by atomic mass is 16.5. The number of benzene rings is 1. The Morgan fingerprint density at radius 2 is 1.92 bits per heavy atom. The topological polar surface area (TPSA) is 50.6 Å². The van der Waals surface area contributed by atoms with Gasteiger partial charge in [-0.25, -0.2) is 0 Å². The molecule has 2 saturated heterocycles. The van der Waals surface area contributed by atoms with Gasteiger partial charge >= 0.3 is 0 Å². The summed E-state index contributed by atoms with van der Waals surface area (Å²) in [6.07, 6.45) is 5.60. The lowest BCUT2D eigenvalue weighted by Gasteiger charge is -2.35. The van der Waals surface area contributed by atoms with Crippen LogP contribution in [-0.2, 0) is 23.1 Å². The maximum absolute atomic E-state index is 12.4. The van der Waals surface area contributed by atoms with Crippen LogP contribution in [0.2, 0.25) is 0 Å². The van der Waals surface area contributed by atoms with Crippen LogP contribution in [0.4, 0.5) is 0 Å². The summed E-state index contributed by atoms with van der Waals surface area (Å²) >= 11 is 0. The van der Waals surface area contributed by atoms with E-state index in [0.717, 1.165) is 57.7 Å². The Morgan fingerprint density at radius 1 is 1.15 bits per heavy atom. The number of aryl methyl sites for hydroxylation is 1. The molecule has 1 amide bonds. The van der Waals surface area contributed by atoms with E-state index in [1.54, 1.807) is 0 Å². The van der Waals surface area contributed by atoms with Crippen LogP contribution >= 0.6 is 0 Å². The van der Waals surface area contributed by atoms with Gasteiger partial charge in [-0.15, -0.1) is 0 Å². The number of ether oxygens (including phenoxy) is 1. The van der Waals surface area contributed by atoms with Crippen LogP contribution in [-0.4, -0.2) is 64.4 Å². The van der Waals surface area contributed by atoms with Gasteiger partial charge in [-0.05, 0) is 24.0 Å². The van der Waals surface area contributed by atoms with Gasteiger partial charge in [0.05, 0.1) is 6.20 Å². The van der Waals surface area contributed by atoms with Crippen molar-refractivity contribution in [1.29, 1.82) is 0 Å². The maximum atomic E-state index is 12.4. The predicted octanol–water partition coefficient (Wildman–Crippen LogP) is 1.91. The van der Waals surface area contributed by atoms with Crippen LogP contribution in [0.15, 0.2) is 36.7 Å². The molecule has 0 saturated carbocycles. The van der Waals surface area contributed by atoms with Crippen LogP contribution in [0, 0.1) is 0 Å². The van der Waals surface area contributed by atoms with E-state index in [4.69, 9.17) is 4.74 Å². The molecular formula is C20H26N4O2. The van der Waals surface area contributed by atoms with Crippen molar-refractivity contribution in [2.45, 2.75) is 25.5 Å². The van der Waals surface area contributed by atoms with Crippen molar-refractivity contribution in [1.82, 2.24) is 19.6 Å². The number of amides is 1. The quantitative estimate of drug-likeness (QED) is 0.842. The number of piperazine rings is 1. The molecule has 4 rings (SSSR count). The fourth-order valence-electron chi connectivity index (χ4n) is 3.73. The first-order valence-corrected chi connectivity index (χ1v) is 9.40. The molecule has 2 aliphatic heterocycles. The third-order valence-electron chi connectivity index (χ3n) is 5.29. The summed E-state index contributed by atoms with van der Waals surface area (Å²) in [5.74, 6) is 0.183. The monoisotopic (exact) mass is 354 g/mol. The number of hydrogen-bond donors (Lipinski definition) is 0. The Morgan fingerprint density at radius 3 is 2.54 bits per heavy atom. The molecule has 1 unspecified atom stereocenters. The fourth-order valence-corrected chi connectivity index (χ4v) is 3.73. The smallest absolute Gasteiger partial charge is 0.251 e. The molecule has 2 aromatic rings. The Kier molecular flexibility index (Phi) is 5.04. The Balaban J connectivity index is 1.29. The molecule has 0 bridgehead atoms. The van der Waals surface area contributed by atoms with Gasteiger partial charge in [0.2, 0.25) is 0 Å². The van der Waals surface area contributed by atoms with Gasteiger partial charge in [0.1, 0.15) is 6.10 Å². The molecule has 1 aromatic heterocycles. The first kappa shape index (κ1) is 17.2. The van der Waals surface area contributed by atoms with Crippen LogP contribution in [0.25, 0.3) is 11.1 Å². The summed E-state index contributed by atoms with van der Waals surface area (Å²) in [6, 6.07) is 8.69. The van der Waals surface area contributed by atoms with Gasteiger partial charge in [0.15, 0.2) is 0 Å². The molecule has 3 heterocycles. The molecule has 1 aromatic carbocycles. The van der Waals surface area contributed by atoms with Gasteiger partial charge in [0, 0.05) is 58.1 Å². The number of carbonyl (C=O) groups is 1. The van der Waals surface area contributed by atoms with Crippen molar-refractivity contribution in [2.75, 3.05) is 32.8 Å². The van der Waals surface area contributed by atoms with E-state index in [1.165, 1.54) is 11.1 Å². The van der Waals surface area contributed by atoms with Crippen molar-refractivity contribution < 1.29 is 9.53 Å². The highest BCUT2D eigenvalue weighted by Gasteiger charge is 2.30. The van der Waals surface area contributed by atoms with E-state index in [9.17, 15) is 4.79 Å². The summed E-state index contributed by atoms with van der Waals surface area (Å²) in [5.41, 5.74) is 3.63. The third kappa shape index (κ3) is 3.81. The largest absolute Gasteiger partial charge is 0.368 e. The number of aromatic nitrogens is 2. The predicted molar refractivity (Wildman–Crippen MR) is 99.5 cm³/mol. The van der Waals surface area contributed by atoms with Crippen molar-refractivity contribution in [3.8, 4) is 11.1 Å². The lowest BCUT2D eigenvalue weighted by atomic mass is 10.1. The Hall–Kier alpha value is -2.18. The molecule has 6 heteroatoms. The zero-order chi connectivity index (χ0) is 17.9. The van der Waals surface area contributed by atoms with Crippen LogP contribution in [0.5, 0.6) is 0 Å². The minimum absolute atomic E-state index is 0.183. The molecule has 0 spiro atoms. The van der Waals surface area contributed by atoms with Gasteiger partial charge < -0.3 is 9.64 Å². The van der Waals surface area contributed by atoms with Crippen molar-refractivity contribution in [3.05, 3.63) is 42.2 Å². The summed E-state index contributed by atoms with van der Waals surface area (Å²) in [5, 5.41) is 4.23. The number of carbonyl (C=O) groups excluding carboxylic acids is 1. The molecule has 6 nitrogen and oxygen atoms in total. The van der Waals surface area contributed by atoms with Crippen molar-refractivity contribution in [3.63, 3.8) is 0 Å². The number of rotatable bonds is 4. The molecule has 0 aliphatic carbocycles. The molecule has 26 heavy (non-hydrogen) atoms. The second kappa shape index (κ2) is 7.60. The zero-order valence-electron chi connectivity index (χ0n) is 15.3. The lowest BCUT2D eigenvalue weighted by Crippen LogP contribution is -2.51. The average Bonchev–Trinajstić information content (AvgIpc) is 3.34. The highest BCUT2D eigenvalue weighted by molar-refractivity contribution is 5.81. The SMILES string of the molecule is Cn1cc(-c2ccc(CN3CCN(C(=O)C4CCCO4)CC3)cc2)cn1. The maximum Gasteiger partial charge on any atom is 0.251 e. The lowest BCUT2D eigenvalue weighted by molar-refractivity contribution is -0.142. The van der Waals surface area contributed by atoms with Gasteiger partial charge in [0.25, 0.3) is 5.91 Å². The zero-order valence-corrected chi connectivity index (χ0v) is 15.3. The molecule has 0 radical (unpaired) electrons. The van der Waals surface area contributed by atoms with E-state index in [2.05, 4.69) is 34.3 Å². The van der Waals surface area contributed by atoms with E-state index in [-0.39, 0.29) is 12.0 Å². The third-order valence-corrected chi connectivity index (χ3v) is 5.29. The normalized spacial score (nSPS) is 21.3. The minimum Gasteiger partial charge on any atom is -0.368 e. The van der Waals surface area contributed by atoms with Crippen molar-refractivity contribution >= 4 is 5.91 Å². The van der Waals surface area contributed by atoms with Crippen molar-refractivity contribution in [2.24, 2.45) is 7.05 Å². The first-order valence-electron chi connectivity index (χ1n) is 9.40. The van der Waals surface area contributed by atoms with Crippen LogP contribution < -0.4 is 0 Å². The minimum atomic E-state index is -0.193. The molecule has 138 valence electrons. The van der Waals surface area contributed by atoms with E-state index in [0.29, 0.717) is 0 Å². The molecule has 1 atom stereocenters. The van der Waals surface area contributed by atoms with E-state index in [1.807, 2.05) is 29.0 Å². The number of nitrogens with zero attached hydrogens (tertiary/aromatic N) is 4. The Bertz CT molecular complexity index is 741. The van der Waals surface area contributed by atoms with Gasteiger partial charge in [-0.3, -0.25) is 14.4 Å². The van der Waals surface area contributed by atoms with Gasteiger partial charge in [-0.1, -0.05) is 24.3 Å². The molecule has 2 aliphatic rings. The first-order chi connectivity index (χ1) is 12.7. The second-order valence-corrected chi connectivity index (χ2v) is 7.20. The van der Waals surface area contributed by atoms with Gasteiger partial charge in [-0.2, -0.15) is 5.10 Å². The Labute approximate surface area is 154 Å². The highest BCUT2D eigenvalue weighted by Crippen LogP contribution is 2.20. The fraction of sp³-hybridized carbons (Fsp3) is 0.500. The number of hydrogen-bond acceptors (Lipinski definition) is 4. The molecular weight excluding hydrogens is 328 g/mol. The van der Waals surface area contributed by atoms with Crippen LogP contribution in [0.3, 0.4) is 0 Å². The summed E-state index contributed by atoms with van der Waals surface area (Å²) in [6.45, 7) is 5.09. The second-order valence-electron chi connectivity index (χ2n) is 7.20. The van der Waals surface area contributed by atoms with E-state index < -0.39 is 0 Å². The average molecular weight is 354 g/mol. The summed E-state index contributed by atoms with van der Waals surface area (Å²) < 4.78 is 7.35.